The Morgan fingerprint density at radius 2 is 1.52 bits per heavy atom. The molecule has 31 heavy (non-hydrogen) atoms. The Kier molecular flexibility index (Phi) is 4.48. The number of nitrogens with zero attached hydrogens (tertiary/aromatic N) is 4. The molecule has 0 spiro atoms. The number of aromatic amines is 1. The van der Waals surface area contributed by atoms with Crippen molar-refractivity contribution in [2.45, 2.75) is 5.16 Å². The van der Waals surface area contributed by atoms with E-state index in [-0.39, 0.29) is 33.9 Å². The third kappa shape index (κ3) is 3.13. The van der Waals surface area contributed by atoms with Crippen LogP contribution >= 0.6 is 11.8 Å². The Bertz CT molecular complexity index is 1440. The van der Waals surface area contributed by atoms with Crippen molar-refractivity contribution in [3.8, 4) is 5.69 Å². The van der Waals surface area contributed by atoms with E-state index in [0.717, 1.165) is 21.2 Å². The summed E-state index contributed by atoms with van der Waals surface area (Å²) in [5.74, 6) is -0.760. The zero-order chi connectivity index (χ0) is 21.5. The first-order valence-corrected chi connectivity index (χ1v) is 10.2. The Hall–Kier alpha value is -4.05. The van der Waals surface area contributed by atoms with E-state index < -0.39 is 11.2 Å². The summed E-state index contributed by atoms with van der Waals surface area (Å²) < 4.78 is 1.01. The Morgan fingerprint density at radius 1 is 0.871 bits per heavy atom. The van der Waals surface area contributed by atoms with Gasteiger partial charge < -0.3 is 0 Å². The van der Waals surface area contributed by atoms with Gasteiger partial charge in [-0.25, -0.2) is 19.3 Å². The summed E-state index contributed by atoms with van der Waals surface area (Å²) in [5, 5.41) is 0.366. The van der Waals surface area contributed by atoms with Gasteiger partial charge in [-0.05, 0) is 24.3 Å². The summed E-state index contributed by atoms with van der Waals surface area (Å²) in [6.45, 7) is 0. The molecule has 9 nitrogen and oxygen atoms in total. The van der Waals surface area contributed by atoms with Gasteiger partial charge in [0.2, 0.25) is 0 Å². The SMILES string of the molecule is O=C1c2ccccc2C(=O)N1CSc1ncc2c(=O)n(-c3ccccc3)c(=O)[nH]c2n1. The largest absolute Gasteiger partial charge is 0.334 e. The number of hydrogen-bond acceptors (Lipinski definition) is 7. The van der Waals surface area contributed by atoms with Crippen molar-refractivity contribution in [3.05, 3.63) is 92.8 Å². The molecule has 0 radical (unpaired) electrons. The van der Waals surface area contributed by atoms with E-state index in [2.05, 4.69) is 15.0 Å². The molecule has 0 aliphatic carbocycles. The second-order valence-corrected chi connectivity index (χ2v) is 7.59. The molecule has 0 unspecified atom stereocenters. The van der Waals surface area contributed by atoms with Gasteiger partial charge in [0.05, 0.1) is 22.7 Å². The van der Waals surface area contributed by atoms with E-state index in [0.29, 0.717) is 16.8 Å². The molecule has 3 heterocycles. The quantitative estimate of drug-likeness (QED) is 0.297. The summed E-state index contributed by atoms with van der Waals surface area (Å²) in [6.07, 6.45) is 1.32. The summed E-state index contributed by atoms with van der Waals surface area (Å²) in [5.41, 5.74) is 0.0685. The van der Waals surface area contributed by atoms with Crippen molar-refractivity contribution in [1.82, 2.24) is 24.4 Å². The van der Waals surface area contributed by atoms with Crippen molar-refractivity contribution < 1.29 is 9.59 Å². The van der Waals surface area contributed by atoms with Gasteiger partial charge in [-0.3, -0.25) is 24.3 Å². The molecule has 1 aliphatic heterocycles. The Morgan fingerprint density at radius 3 is 2.19 bits per heavy atom. The second-order valence-electron chi connectivity index (χ2n) is 6.68. The summed E-state index contributed by atoms with van der Waals surface area (Å²) in [4.78, 5) is 62.3. The van der Waals surface area contributed by atoms with Gasteiger partial charge in [0.25, 0.3) is 17.4 Å². The van der Waals surface area contributed by atoms with Gasteiger partial charge in [-0.1, -0.05) is 42.1 Å². The number of benzene rings is 2. The highest BCUT2D eigenvalue weighted by molar-refractivity contribution is 7.99. The van der Waals surface area contributed by atoms with Crippen LogP contribution in [0.1, 0.15) is 20.7 Å². The maximum absolute atomic E-state index is 12.8. The number of imide groups is 1. The van der Waals surface area contributed by atoms with Gasteiger partial charge >= 0.3 is 5.69 Å². The normalized spacial score (nSPS) is 13.1. The number of carbonyl (C=O) groups excluding carboxylic acids is 2. The van der Waals surface area contributed by atoms with Crippen LogP contribution in [0.25, 0.3) is 16.7 Å². The lowest BCUT2D eigenvalue weighted by atomic mass is 10.1. The van der Waals surface area contributed by atoms with E-state index in [1.54, 1.807) is 54.6 Å². The lowest BCUT2D eigenvalue weighted by Crippen LogP contribution is -2.34. The first kappa shape index (κ1) is 18.9. The first-order chi connectivity index (χ1) is 15.0. The molecular weight excluding hydrogens is 418 g/mol. The minimum atomic E-state index is -0.626. The van der Waals surface area contributed by atoms with Gasteiger partial charge in [0.15, 0.2) is 10.8 Å². The standard InChI is InChI=1S/C21H13N5O4S/c27-17-13-8-4-5-9-14(13)18(28)25(17)11-31-20-22-10-15-16(23-20)24-21(30)26(19(15)29)12-6-2-1-3-7-12/h1-10H,11H2,(H,22,23,24,30). The maximum atomic E-state index is 12.8. The molecule has 0 fully saturated rings. The minimum Gasteiger partial charge on any atom is -0.291 e. The van der Waals surface area contributed by atoms with Crippen molar-refractivity contribution in [1.29, 1.82) is 0 Å². The minimum absolute atomic E-state index is 0.00314. The first-order valence-electron chi connectivity index (χ1n) is 9.20. The molecule has 4 aromatic rings. The summed E-state index contributed by atoms with van der Waals surface area (Å²) in [6, 6.07) is 15.1. The molecule has 152 valence electrons. The van der Waals surface area contributed by atoms with Gasteiger partial charge in [0.1, 0.15) is 5.39 Å². The fourth-order valence-corrected chi connectivity index (χ4v) is 4.11. The number of rotatable bonds is 4. The van der Waals surface area contributed by atoms with Gasteiger partial charge in [-0.15, -0.1) is 0 Å². The number of H-pyrrole nitrogens is 1. The predicted molar refractivity (Wildman–Crippen MR) is 113 cm³/mol. The Labute approximate surface area is 178 Å². The molecule has 2 aromatic carbocycles. The zero-order valence-electron chi connectivity index (χ0n) is 15.8. The number of carbonyl (C=O) groups is 2. The third-order valence-electron chi connectivity index (χ3n) is 4.84. The zero-order valence-corrected chi connectivity index (χ0v) is 16.6. The molecule has 2 aromatic heterocycles. The second kappa shape index (κ2) is 7.33. The number of fused-ring (bicyclic) bond motifs is 2. The van der Waals surface area contributed by atoms with E-state index in [9.17, 15) is 19.2 Å². The summed E-state index contributed by atoms with van der Waals surface area (Å²) >= 11 is 1.05. The van der Waals surface area contributed by atoms with E-state index in [4.69, 9.17) is 0 Å². The van der Waals surface area contributed by atoms with Crippen molar-refractivity contribution in [2.24, 2.45) is 0 Å². The highest BCUT2D eigenvalue weighted by atomic mass is 32.2. The molecule has 0 atom stereocenters. The average Bonchev–Trinajstić information content (AvgIpc) is 3.03. The van der Waals surface area contributed by atoms with Gasteiger partial charge in [0, 0.05) is 6.20 Å². The van der Waals surface area contributed by atoms with E-state index >= 15 is 0 Å². The van der Waals surface area contributed by atoms with Crippen LogP contribution in [-0.4, -0.2) is 42.1 Å². The van der Waals surface area contributed by atoms with E-state index in [1.807, 2.05) is 0 Å². The smallest absolute Gasteiger partial charge is 0.291 e. The number of aromatic nitrogens is 4. The van der Waals surface area contributed by atoms with E-state index in [1.165, 1.54) is 6.20 Å². The fraction of sp³-hybridized carbons (Fsp3) is 0.0476. The average molecular weight is 431 g/mol. The van der Waals surface area contributed by atoms with Crippen molar-refractivity contribution >= 4 is 34.6 Å². The fourth-order valence-electron chi connectivity index (χ4n) is 3.35. The molecule has 2 amide bonds. The van der Waals surface area contributed by atoms with Crippen LogP contribution < -0.4 is 11.2 Å². The van der Waals surface area contributed by atoms with Crippen LogP contribution in [0, 0.1) is 0 Å². The van der Waals surface area contributed by atoms with Crippen LogP contribution in [0.5, 0.6) is 0 Å². The lowest BCUT2D eigenvalue weighted by molar-refractivity contribution is 0.0684. The van der Waals surface area contributed by atoms with Crippen LogP contribution in [0.4, 0.5) is 0 Å². The predicted octanol–water partition coefficient (Wildman–Crippen LogP) is 1.81. The van der Waals surface area contributed by atoms with Crippen molar-refractivity contribution in [3.63, 3.8) is 0 Å². The highest BCUT2D eigenvalue weighted by Gasteiger charge is 2.35. The molecule has 0 saturated carbocycles. The molecule has 10 heteroatoms. The molecule has 1 aliphatic rings. The van der Waals surface area contributed by atoms with Crippen molar-refractivity contribution in [2.75, 3.05) is 5.88 Å². The van der Waals surface area contributed by atoms with Gasteiger partial charge in [-0.2, -0.15) is 0 Å². The highest BCUT2D eigenvalue weighted by Crippen LogP contribution is 2.26. The topological polar surface area (TPSA) is 118 Å². The number of para-hydroxylation sites is 1. The van der Waals surface area contributed by atoms with Crippen LogP contribution in [0.3, 0.4) is 0 Å². The summed E-state index contributed by atoms with van der Waals surface area (Å²) in [7, 11) is 0. The Balaban J connectivity index is 1.44. The molecule has 5 rings (SSSR count). The lowest BCUT2D eigenvalue weighted by Gasteiger charge is -2.12. The molecule has 0 saturated heterocycles. The molecule has 1 N–H and O–H groups in total. The monoisotopic (exact) mass is 431 g/mol. The number of hydrogen-bond donors (Lipinski definition) is 1. The van der Waals surface area contributed by atoms with Crippen LogP contribution in [-0.2, 0) is 0 Å². The van der Waals surface area contributed by atoms with Crippen LogP contribution in [0.2, 0.25) is 0 Å². The number of thioether (sulfide) groups is 1. The third-order valence-corrected chi connectivity index (χ3v) is 5.69. The molecular formula is C21H13N5O4S. The number of amides is 2. The van der Waals surface area contributed by atoms with Crippen LogP contribution in [0.15, 0.2) is 75.5 Å². The number of nitrogens with one attached hydrogen (secondary N) is 1. The maximum Gasteiger partial charge on any atom is 0.334 e. The molecule has 0 bridgehead atoms.